The molecule has 4 heteroatoms. The molecule has 3 rings (SSSR count). The van der Waals surface area contributed by atoms with Crippen LogP contribution in [0.15, 0.2) is 73.2 Å². The van der Waals surface area contributed by atoms with E-state index in [1.165, 1.54) is 11.1 Å². The van der Waals surface area contributed by atoms with Crippen molar-refractivity contribution in [1.82, 2.24) is 15.3 Å². The predicted molar refractivity (Wildman–Crippen MR) is 105 cm³/mol. The number of carbonyl (C=O) groups is 1. The summed E-state index contributed by atoms with van der Waals surface area (Å²) < 4.78 is 0. The van der Waals surface area contributed by atoms with Gasteiger partial charge in [0.05, 0.1) is 6.33 Å². The summed E-state index contributed by atoms with van der Waals surface area (Å²) >= 11 is 0. The molecule has 2 aromatic carbocycles. The SMILES string of the molecule is CC(CNC(=O)/C=C/c1ccc(Cc2cnc[nH]2)cc1)c1ccccc1. The number of nitrogens with one attached hydrogen (secondary N) is 2. The van der Waals surface area contributed by atoms with Gasteiger partial charge in [0, 0.05) is 30.9 Å². The summed E-state index contributed by atoms with van der Waals surface area (Å²) in [5.74, 6) is 0.213. The first-order chi connectivity index (χ1) is 12.7. The third-order valence-corrected chi connectivity index (χ3v) is 4.31. The Labute approximate surface area is 154 Å². The molecule has 1 unspecified atom stereocenters. The Hall–Kier alpha value is -3.14. The van der Waals surface area contributed by atoms with Gasteiger partial charge in [-0.2, -0.15) is 0 Å². The van der Waals surface area contributed by atoms with E-state index in [1.807, 2.05) is 42.6 Å². The van der Waals surface area contributed by atoms with Crippen molar-refractivity contribution >= 4 is 12.0 Å². The van der Waals surface area contributed by atoms with Gasteiger partial charge < -0.3 is 10.3 Å². The monoisotopic (exact) mass is 345 g/mol. The molecule has 2 N–H and O–H groups in total. The Balaban J connectivity index is 1.48. The Bertz CT molecular complexity index is 837. The molecule has 0 aliphatic carbocycles. The lowest BCUT2D eigenvalue weighted by Gasteiger charge is -2.11. The molecule has 0 fully saturated rings. The van der Waals surface area contributed by atoms with E-state index in [9.17, 15) is 4.79 Å². The smallest absolute Gasteiger partial charge is 0.244 e. The van der Waals surface area contributed by atoms with Crippen molar-refractivity contribution in [2.75, 3.05) is 6.54 Å². The number of rotatable bonds is 7. The van der Waals surface area contributed by atoms with Gasteiger partial charge in [-0.25, -0.2) is 4.98 Å². The average molecular weight is 345 g/mol. The highest BCUT2D eigenvalue weighted by atomic mass is 16.1. The highest BCUT2D eigenvalue weighted by molar-refractivity contribution is 5.91. The van der Waals surface area contributed by atoms with Crippen molar-refractivity contribution in [3.63, 3.8) is 0 Å². The van der Waals surface area contributed by atoms with E-state index in [0.29, 0.717) is 6.54 Å². The number of aromatic amines is 1. The van der Waals surface area contributed by atoms with Gasteiger partial charge in [0.1, 0.15) is 0 Å². The molecular weight excluding hydrogens is 322 g/mol. The molecule has 1 atom stereocenters. The molecule has 0 aliphatic rings. The van der Waals surface area contributed by atoms with Crippen LogP contribution in [-0.2, 0) is 11.2 Å². The van der Waals surface area contributed by atoms with Gasteiger partial charge in [-0.05, 0) is 28.7 Å². The quantitative estimate of drug-likeness (QED) is 0.637. The largest absolute Gasteiger partial charge is 0.352 e. The summed E-state index contributed by atoms with van der Waals surface area (Å²) in [5.41, 5.74) is 4.52. The highest BCUT2D eigenvalue weighted by Crippen LogP contribution is 2.13. The van der Waals surface area contributed by atoms with Crippen LogP contribution in [0.3, 0.4) is 0 Å². The van der Waals surface area contributed by atoms with Gasteiger partial charge in [-0.15, -0.1) is 0 Å². The first-order valence-corrected chi connectivity index (χ1v) is 8.78. The summed E-state index contributed by atoms with van der Waals surface area (Å²) in [6.45, 7) is 2.73. The Morgan fingerprint density at radius 3 is 2.62 bits per heavy atom. The number of H-pyrrole nitrogens is 1. The maximum absolute atomic E-state index is 12.0. The van der Waals surface area contributed by atoms with Crippen LogP contribution in [0, 0.1) is 0 Å². The molecule has 1 amide bonds. The van der Waals surface area contributed by atoms with Crippen LogP contribution in [0.2, 0.25) is 0 Å². The Kier molecular flexibility index (Phi) is 5.99. The fraction of sp³-hybridized carbons (Fsp3) is 0.182. The van der Waals surface area contributed by atoms with E-state index < -0.39 is 0 Å². The first-order valence-electron chi connectivity index (χ1n) is 8.78. The van der Waals surface area contributed by atoms with Gasteiger partial charge in [0.15, 0.2) is 0 Å². The van der Waals surface area contributed by atoms with Crippen LogP contribution in [-0.4, -0.2) is 22.4 Å². The van der Waals surface area contributed by atoms with E-state index in [1.54, 1.807) is 12.4 Å². The van der Waals surface area contributed by atoms with E-state index in [4.69, 9.17) is 0 Å². The molecule has 0 aliphatic heterocycles. The van der Waals surface area contributed by atoms with Gasteiger partial charge in [-0.1, -0.05) is 61.5 Å². The van der Waals surface area contributed by atoms with Crippen LogP contribution in [0.5, 0.6) is 0 Å². The fourth-order valence-electron chi connectivity index (χ4n) is 2.73. The molecule has 1 aromatic heterocycles. The number of carbonyl (C=O) groups excluding carboxylic acids is 1. The zero-order valence-electron chi connectivity index (χ0n) is 14.9. The lowest BCUT2D eigenvalue weighted by molar-refractivity contribution is -0.116. The Morgan fingerprint density at radius 2 is 1.92 bits per heavy atom. The number of hydrogen-bond acceptors (Lipinski definition) is 2. The molecule has 4 nitrogen and oxygen atoms in total. The van der Waals surface area contributed by atoms with Gasteiger partial charge in [0.2, 0.25) is 5.91 Å². The molecule has 3 aromatic rings. The summed E-state index contributed by atoms with van der Waals surface area (Å²) in [4.78, 5) is 19.1. The zero-order valence-corrected chi connectivity index (χ0v) is 14.9. The second kappa shape index (κ2) is 8.81. The number of amides is 1. The number of nitrogens with zero attached hydrogens (tertiary/aromatic N) is 1. The minimum atomic E-state index is -0.0747. The van der Waals surface area contributed by atoms with Crippen molar-refractivity contribution in [1.29, 1.82) is 0 Å². The zero-order chi connectivity index (χ0) is 18.2. The molecule has 0 spiro atoms. The summed E-state index contributed by atoms with van der Waals surface area (Å²) in [6, 6.07) is 18.4. The lowest BCUT2D eigenvalue weighted by atomic mass is 10.0. The highest BCUT2D eigenvalue weighted by Gasteiger charge is 2.05. The lowest BCUT2D eigenvalue weighted by Crippen LogP contribution is -2.25. The molecule has 26 heavy (non-hydrogen) atoms. The van der Waals surface area contributed by atoms with Crippen molar-refractivity contribution in [2.45, 2.75) is 19.3 Å². The van der Waals surface area contributed by atoms with Crippen molar-refractivity contribution in [3.05, 3.63) is 95.6 Å². The number of benzene rings is 2. The molecule has 0 saturated carbocycles. The van der Waals surface area contributed by atoms with E-state index >= 15 is 0 Å². The first kappa shape index (κ1) is 17.7. The molecule has 0 radical (unpaired) electrons. The molecule has 0 saturated heterocycles. The number of hydrogen-bond donors (Lipinski definition) is 2. The third kappa shape index (κ3) is 5.18. The molecule has 0 bridgehead atoms. The molecular formula is C22H23N3O. The third-order valence-electron chi connectivity index (χ3n) is 4.31. The van der Waals surface area contributed by atoms with Crippen LogP contribution >= 0.6 is 0 Å². The second-order valence-corrected chi connectivity index (χ2v) is 6.39. The maximum Gasteiger partial charge on any atom is 0.244 e. The number of imidazole rings is 1. The topological polar surface area (TPSA) is 57.8 Å². The van der Waals surface area contributed by atoms with Gasteiger partial charge >= 0.3 is 0 Å². The normalized spacial score (nSPS) is 12.2. The Morgan fingerprint density at radius 1 is 1.15 bits per heavy atom. The van der Waals surface area contributed by atoms with Crippen LogP contribution in [0.4, 0.5) is 0 Å². The minimum absolute atomic E-state index is 0.0747. The van der Waals surface area contributed by atoms with Gasteiger partial charge in [-0.3, -0.25) is 4.79 Å². The van der Waals surface area contributed by atoms with Gasteiger partial charge in [0.25, 0.3) is 0 Å². The van der Waals surface area contributed by atoms with Crippen molar-refractivity contribution < 1.29 is 4.79 Å². The van der Waals surface area contributed by atoms with Crippen molar-refractivity contribution in [2.24, 2.45) is 0 Å². The van der Waals surface area contributed by atoms with Crippen LogP contribution in [0.1, 0.15) is 35.2 Å². The molecule has 1 heterocycles. The number of aromatic nitrogens is 2. The molecule has 132 valence electrons. The predicted octanol–water partition coefficient (Wildman–Crippen LogP) is 3.93. The van der Waals surface area contributed by atoms with E-state index in [2.05, 4.69) is 46.5 Å². The van der Waals surface area contributed by atoms with Crippen LogP contribution < -0.4 is 5.32 Å². The average Bonchev–Trinajstić information content (AvgIpc) is 3.19. The second-order valence-electron chi connectivity index (χ2n) is 6.39. The summed E-state index contributed by atoms with van der Waals surface area (Å²) in [6.07, 6.45) is 7.75. The van der Waals surface area contributed by atoms with Crippen molar-refractivity contribution in [3.8, 4) is 0 Å². The van der Waals surface area contributed by atoms with E-state index in [-0.39, 0.29) is 11.8 Å². The summed E-state index contributed by atoms with van der Waals surface area (Å²) in [5, 5.41) is 2.96. The van der Waals surface area contributed by atoms with E-state index in [0.717, 1.165) is 17.7 Å². The van der Waals surface area contributed by atoms with Crippen LogP contribution in [0.25, 0.3) is 6.08 Å². The maximum atomic E-state index is 12.0. The minimum Gasteiger partial charge on any atom is -0.352 e. The standard InChI is InChI=1S/C22H23N3O/c1-17(20-5-3-2-4-6-20)14-24-22(26)12-11-18-7-9-19(10-8-18)13-21-15-23-16-25-21/h2-12,15-17H,13-14H2,1H3,(H,23,25)(H,24,26)/b12-11+. The summed E-state index contributed by atoms with van der Waals surface area (Å²) in [7, 11) is 0. The fourth-order valence-corrected chi connectivity index (χ4v) is 2.73.